The van der Waals surface area contributed by atoms with Crippen molar-refractivity contribution in [3.8, 4) is 11.3 Å². The molecule has 0 saturated carbocycles. The van der Waals surface area contributed by atoms with Crippen LogP contribution in [0.25, 0.3) is 16.9 Å². The number of aromatic nitrogens is 3. The smallest absolute Gasteiger partial charge is 0.224 e. The fraction of sp³-hybridized carbons (Fsp3) is 0.409. The molecule has 1 amide bonds. The average Bonchev–Trinajstić information content (AvgIpc) is 2.88. The maximum atomic E-state index is 12.6. The van der Waals surface area contributed by atoms with E-state index < -0.39 is 0 Å². The molecule has 28 heavy (non-hydrogen) atoms. The van der Waals surface area contributed by atoms with Gasteiger partial charge in [0.25, 0.3) is 0 Å². The van der Waals surface area contributed by atoms with Crippen LogP contribution in [0.4, 0.5) is 5.82 Å². The number of aryl methyl sites for hydroxylation is 1. The van der Waals surface area contributed by atoms with Crippen molar-refractivity contribution in [2.24, 2.45) is 0 Å². The molecule has 1 saturated heterocycles. The van der Waals surface area contributed by atoms with E-state index in [0.29, 0.717) is 13.0 Å². The van der Waals surface area contributed by atoms with E-state index in [1.165, 1.54) is 18.4 Å². The van der Waals surface area contributed by atoms with Crippen molar-refractivity contribution in [3.63, 3.8) is 0 Å². The zero-order chi connectivity index (χ0) is 19.3. The number of amides is 1. The molecule has 1 N–H and O–H groups in total. The van der Waals surface area contributed by atoms with Crippen molar-refractivity contribution < 1.29 is 4.79 Å². The Hall–Kier alpha value is -2.89. The summed E-state index contributed by atoms with van der Waals surface area (Å²) >= 11 is 0. The molecule has 1 aliphatic heterocycles. The fourth-order valence-corrected chi connectivity index (χ4v) is 3.87. The van der Waals surface area contributed by atoms with E-state index >= 15 is 0 Å². The molecular formula is C22H27N5O. The highest BCUT2D eigenvalue weighted by Crippen LogP contribution is 2.30. The molecule has 6 heteroatoms. The van der Waals surface area contributed by atoms with Crippen LogP contribution in [-0.2, 0) is 4.79 Å². The number of imidazole rings is 1. The van der Waals surface area contributed by atoms with Gasteiger partial charge in [0.1, 0.15) is 11.5 Å². The first kappa shape index (κ1) is 18.5. The number of benzene rings is 1. The summed E-state index contributed by atoms with van der Waals surface area (Å²) in [5.74, 6) is 1.15. The van der Waals surface area contributed by atoms with Crippen molar-refractivity contribution >= 4 is 17.4 Å². The van der Waals surface area contributed by atoms with Crippen LogP contribution in [0.3, 0.4) is 0 Å². The van der Waals surface area contributed by atoms with Crippen LogP contribution >= 0.6 is 0 Å². The summed E-state index contributed by atoms with van der Waals surface area (Å²) in [6, 6.07) is 8.22. The SMILES string of the molecule is Cc1ccccc1-c1nc2cnccn2c1NCCC(=O)N1CCCCCC1. The second-order valence-electron chi connectivity index (χ2n) is 7.40. The predicted molar refractivity (Wildman–Crippen MR) is 111 cm³/mol. The molecule has 146 valence electrons. The van der Waals surface area contributed by atoms with Crippen LogP contribution in [0.1, 0.15) is 37.7 Å². The molecule has 1 fully saturated rings. The molecule has 6 nitrogen and oxygen atoms in total. The number of anilines is 1. The molecule has 0 bridgehead atoms. The lowest BCUT2D eigenvalue weighted by Gasteiger charge is -2.20. The summed E-state index contributed by atoms with van der Waals surface area (Å²) in [6.07, 6.45) is 10.6. The minimum absolute atomic E-state index is 0.238. The highest BCUT2D eigenvalue weighted by molar-refractivity contribution is 5.79. The lowest BCUT2D eigenvalue weighted by Crippen LogP contribution is -2.33. The van der Waals surface area contributed by atoms with Crippen molar-refractivity contribution in [3.05, 3.63) is 48.4 Å². The van der Waals surface area contributed by atoms with Gasteiger partial charge in [-0.05, 0) is 25.3 Å². The van der Waals surface area contributed by atoms with Gasteiger partial charge in [-0.25, -0.2) is 4.98 Å². The van der Waals surface area contributed by atoms with Crippen LogP contribution in [0.15, 0.2) is 42.9 Å². The Balaban J connectivity index is 1.54. The molecule has 0 spiro atoms. The molecule has 2 aromatic heterocycles. The summed E-state index contributed by atoms with van der Waals surface area (Å²) in [5.41, 5.74) is 3.95. The first-order valence-electron chi connectivity index (χ1n) is 10.1. The van der Waals surface area contributed by atoms with Crippen molar-refractivity contribution in [1.29, 1.82) is 0 Å². The Labute approximate surface area is 165 Å². The summed E-state index contributed by atoms with van der Waals surface area (Å²) < 4.78 is 2.01. The van der Waals surface area contributed by atoms with Gasteiger partial charge in [0.05, 0.1) is 6.20 Å². The van der Waals surface area contributed by atoms with Crippen LogP contribution in [0, 0.1) is 6.92 Å². The molecule has 0 radical (unpaired) electrons. The van der Waals surface area contributed by atoms with Crippen LogP contribution in [0.5, 0.6) is 0 Å². The fourth-order valence-electron chi connectivity index (χ4n) is 3.87. The van der Waals surface area contributed by atoms with E-state index in [4.69, 9.17) is 4.98 Å². The molecule has 3 aromatic rings. The zero-order valence-corrected chi connectivity index (χ0v) is 16.4. The maximum Gasteiger partial charge on any atom is 0.224 e. The van der Waals surface area contributed by atoms with Crippen LogP contribution < -0.4 is 5.32 Å². The second-order valence-corrected chi connectivity index (χ2v) is 7.40. The molecule has 0 atom stereocenters. The number of nitrogens with zero attached hydrogens (tertiary/aromatic N) is 4. The first-order chi connectivity index (χ1) is 13.7. The van der Waals surface area contributed by atoms with E-state index in [1.807, 2.05) is 27.6 Å². The highest BCUT2D eigenvalue weighted by Gasteiger charge is 2.18. The number of nitrogens with one attached hydrogen (secondary N) is 1. The predicted octanol–water partition coefficient (Wildman–Crippen LogP) is 3.91. The van der Waals surface area contributed by atoms with E-state index in [9.17, 15) is 4.79 Å². The number of hydrogen-bond acceptors (Lipinski definition) is 4. The number of hydrogen-bond donors (Lipinski definition) is 1. The molecule has 1 aromatic carbocycles. The molecular weight excluding hydrogens is 350 g/mol. The first-order valence-corrected chi connectivity index (χ1v) is 10.1. The van der Waals surface area contributed by atoms with Crippen molar-refractivity contribution in [2.45, 2.75) is 39.0 Å². The Bertz CT molecular complexity index is 956. The standard InChI is InChI=1S/C22H27N5O/c1-17-8-4-5-9-18(17)21-22(27-15-12-23-16-19(27)25-21)24-11-10-20(28)26-13-6-2-3-7-14-26/h4-5,8-9,12,15-16,24H,2-3,6-7,10-11,13-14H2,1H3. The zero-order valence-electron chi connectivity index (χ0n) is 16.4. The summed E-state index contributed by atoms with van der Waals surface area (Å²) in [5, 5.41) is 3.47. The quantitative estimate of drug-likeness (QED) is 0.732. The van der Waals surface area contributed by atoms with Crippen LogP contribution in [-0.4, -0.2) is 44.8 Å². The third kappa shape index (κ3) is 3.86. The van der Waals surface area contributed by atoms with Crippen molar-refractivity contribution in [1.82, 2.24) is 19.3 Å². The highest BCUT2D eigenvalue weighted by atomic mass is 16.2. The Morgan fingerprint density at radius 3 is 2.71 bits per heavy atom. The third-order valence-corrected chi connectivity index (χ3v) is 5.42. The number of fused-ring (bicyclic) bond motifs is 1. The normalized spacial score (nSPS) is 14.8. The monoisotopic (exact) mass is 377 g/mol. The third-order valence-electron chi connectivity index (χ3n) is 5.42. The summed E-state index contributed by atoms with van der Waals surface area (Å²) in [7, 11) is 0. The Morgan fingerprint density at radius 2 is 1.93 bits per heavy atom. The number of carbonyl (C=O) groups excluding carboxylic acids is 1. The van der Waals surface area contributed by atoms with E-state index in [1.54, 1.807) is 12.4 Å². The molecule has 4 rings (SSSR count). The number of likely N-dealkylation sites (tertiary alicyclic amines) is 1. The van der Waals surface area contributed by atoms with Crippen molar-refractivity contribution in [2.75, 3.05) is 25.0 Å². The van der Waals surface area contributed by atoms with E-state index in [2.05, 4.69) is 29.4 Å². The lowest BCUT2D eigenvalue weighted by atomic mass is 10.1. The maximum absolute atomic E-state index is 12.6. The average molecular weight is 377 g/mol. The van der Waals surface area contributed by atoms with Gasteiger partial charge in [0, 0.05) is 44.0 Å². The van der Waals surface area contributed by atoms with Gasteiger partial charge in [-0.1, -0.05) is 37.1 Å². The van der Waals surface area contributed by atoms with Crippen LogP contribution in [0.2, 0.25) is 0 Å². The second kappa shape index (κ2) is 8.42. The lowest BCUT2D eigenvalue weighted by molar-refractivity contribution is -0.130. The van der Waals surface area contributed by atoms with E-state index in [0.717, 1.165) is 48.7 Å². The molecule has 3 heterocycles. The summed E-state index contributed by atoms with van der Waals surface area (Å²) in [6.45, 7) is 4.47. The van der Waals surface area contributed by atoms with Gasteiger partial charge in [-0.3, -0.25) is 14.2 Å². The topological polar surface area (TPSA) is 62.5 Å². The largest absolute Gasteiger partial charge is 0.369 e. The number of carbonyl (C=O) groups is 1. The van der Waals surface area contributed by atoms with Gasteiger partial charge in [0.2, 0.25) is 5.91 Å². The Kier molecular flexibility index (Phi) is 5.55. The molecule has 0 unspecified atom stereocenters. The molecule has 0 aliphatic carbocycles. The van der Waals surface area contributed by atoms with Gasteiger partial charge in [-0.2, -0.15) is 0 Å². The number of rotatable bonds is 5. The molecule has 1 aliphatic rings. The van der Waals surface area contributed by atoms with E-state index in [-0.39, 0.29) is 5.91 Å². The summed E-state index contributed by atoms with van der Waals surface area (Å²) in [4.78, 5) is 23.6. The minimum atomic E-state index is 0.238. The van der Waals surface area contributed by atoms with Gasteiger partial charge < -0.3 is 10.2 Å². The van der Waals surface area contributed by atoms with Gasteiger partial charge in [0.15, 0.2) is 5.65 Å². The van der Waals surface area contributed by atoms with Gasteiger partial charge in [-0.15, -0.1) is 0 Å². The Morgan fingerprint density at radius 1 is 1.14 bits per heavy atom. The van der Waals surface area contributed by atoms with Gasteiger partial charge >= 0.3 is 0 Å². The minimum Gasteiger partial charge on any atom is -0.369 e.